The van der Waals surface area contributed by atoms with Gasteiger partial charge in [0.2, 0.25) is 6.29 Å². The van der Waals surface area contributed by atoms with Crippen LogP contribution in [0, 0.1) is 0 Å². The van der Waals surface area contributed by atoms with Crippen molar-refractivity contribution < 1.29 is 19.0 Å². The summed E-state index contributed by atoms with van der Waals surface area (Å²) in [7, 11) is 0. The van der Waals surface area contributed by atoms with Gasteiger partial charge in [0.05, 0.1) is 6.10 Å². The molecule has 1 saturated heterocycles. The van der Waals surface area contributed by atoms with Crippen LogP contribution in [0.5, 0.6) is 0 Å². The number of ether oxygens (including phenoxy) is 3. The minimum absolute atomic E-state index is 0.0110. The third-order valence-electron chi connectivity index (χ3n) is 2.11. The Morgan fingerprint density at radius 3 is 2.73 bits per heavy atom. The second-order valence-electron chi connectivity index (χ2n) is 4.11. The second kappa shape index (κ2) is 4.92. The van der Waals surface area contributed by atoms with E-state index in [1.165, 1.54) is 6.92 Å². The summed E-state index contributed by atoms with van der Waals surface area (Å²) in [6, 6.07) is 0. The molecule has 15 heavy (non-hydrogen) atoms. The molecule has 0 aromatic carbocycles. The Hall–Kier alpha value is -0.650. The van der Waals surface area contributed by atoms with E-state index in [1.807, 2.05) is 0 Å². The Balaban J connectivity index is 2.55. The first-order valence-electron chi connectivity index (χ1n) is 5.16. The largest absolute Gasteiger partial charge is 0.436 e. The van der Waals surface area contributed by atoms with Crippen LogP contribution in [0.1, 0.15) is 33.6 Å². The average molecular weight is 217 g/mol. The van der Waals surface area contributed by atoms with Crippen LogP contribution >= 0.6 is 0 Å². The maximum atomic E-state index is 10.8. The molecular weight excluding hydrogens is 198 g/mol. The lowest BCUT2D eigenvalue weighted by molar-refractivity contribution is -0.343. The van der Waals surface area contributed by atoms with Crippen LogP contribution in [-0.4, -0.2) is 30.7 Å². The summed E-state index contributed by atoms with van der Waals surface area (Å²) in [5.41, 5.74) is 5.47. The molecule has 1 rings (SSSR count). The molecule has 0 spiro atoms. The lowest BCUT2D eigenvalue weighted by Crippen LogP contribution is -2.46. The predicted octanol–water partition coefficient (Wildman–Crippen LogP) is 0.766. The van der Waals surface area contributed by atoms with Crippen molar-refractivity contribution >= 4 is 5.97 Å². The summed E-state index contributed by atoms with van der Waals surface area (Å²) in [6.45, 7) is 5.51. The van der Waals surface area contributed by atoms with Gasteiger partial charge < -0.3 is 19.9 Å². The predicted molar refractivity (Wildman–Crippen MR) is 53.9 cm³/mol. The smallest absolute Gasteiger partial charge is 0.304 e. The normalized spacial score (nSPS) is 29.9. The first-order chi connectivity index (χ1) is 6.93. The number of carbonyl (C=O) groups excluding carboxylic acids is 1. The molecule has 0 aliphatic carbocycles. The molecule has 0 saturated carbocycles. The maximum absolute atomic E-state index is 10.8. The monoisotopic (exact) mass is 217 g/mol. The van der Waals surface area contributed by atoms with Crippen molar-refractivity contribution in [1.29, 1.82) is 0 Å². The molecule has 1 aliphatic heterocycles. The van der Waals surface area contributed by atoms with Crippen LogP contribution in [0.15, 0.2) is 0 Å². The summed E-state index contributed by atoms with van der Waals surface area (Å²) in [4.78, 5) is 10.8. The SMILES string of the molecule is CC(=O)O[C@@H]1C[C@@H](CCN)OC(C)(C)O1. The molecule has 5 heteroatoms. The van der Waals surface area contributed by atoms with Crippen molar-refractivity contribution in [3.05, 3.63) is 0 Å². The Morgan fingerprint density at radius 2 is 2.20 bits per heavy atom. The molecule has 0 bridgehead atoms. The van der Waals surface area contributed by atoms with Gasteiger partial charge in [-0.2, -0.15) is 0 Å². The van der Waals surface area contributed by atoms with Crippen molar-refractivity contribution in [2.75, 3.05) is 6.54 Å². The van der Waals surface area contributed by atoms with E-state index < -0.39 is 12.1 Å². The van der Waals surface area contributed by atoms with E-state index in [1.54, 1.807) is 13.8 Å². The second-order valence-corrected chi connectivity index (χ2v) is 4.11. The summed E-state index contributed by atoms with van der Waals surface area (Å²) in [5.74, 6) is -1.07. The highest BCUT2D eigenvalue weighted by Gasteiger charge is 2.36. The third-order valence-corrected chi connectivity index (χ3v) is 2.11. The van der Waals surface area contributed by atoms with Gasteiger partial charge in [-0.05, 0) is 26.8 Å². The fourth-order valence-corrected chi connectivity index (χ4v) is 1.68. The van der Waals surface area contributed by atoms with E-state index in [-0.39, 0.29) is 12.1 Å². The van der Waals surface area contributed by atoms with Crippen LogP contribution in [0.4, 0.5) is 0 Å². The van der Waals surface area contributed by atoms with Gasteiger partial charge in [0.1, 0.15) is 0 Å². The zero-order valence-corrected chi connectivity index (χ0v) is 9.49. The average Bonchev–Trinajstić information content (AvgIpc) is 1.99. The Morgan fingerprint density at radius 1 is 1.53 bits per heavy atom. The Kier molecular flexibility index (Phi) is 4.07. The quantitative estimate of drug-likeness (QED) is 0.707. The molecule has 2 N–H and O–H groups in total. The van der Waals surface area contributed by atoms with Gasteiger partial charge in [0, 0.05) is 13.3 Å². The zero-order valence-electron chi connectivity index (χ0n) is 9.49. The van der Waals surface area contributed by atoms with Crippen LogP contribution < -0.4 is 5.73 Å². The van der Waals surface area contributed by atoms with Crippen LogP contribution in [-0.2, 0) is 19.0 Å². The molecule has 1 fully saturated rings. The minimum Gasteiger partial charge on any atom is -0.436 e. The van der Waals surface area contributed by atoms with Gasteiger partial charge in [-0.25, -0.2) is 0 Å². The van der Waals surface area contributed by atoms with Crippen molar-refractivity contribution in [2.24, 2.45) is 5.73 Å². The highest BCUT2D eigenvalue weighted by atomic mass is 16.8. The van der Waals surface area contributed by atoms with Gasteiger partial charge in [-0.15, -0.1) is 0 Å². The van der Waals surface area contributed by atoms with Gasteiger partial charge >= 0.3 is 5.97 Å². The van der Waals surface area contributed by atoms with Crippen LogP contribution in [0.3, 0.4) is 0 Å². The lowest BCUT2D eigenvalue weighted by atomic mass is 10.1. The molecule has 5 nitrogen and oxygen atoms in total. The standard InChI is InChI=1S/C10H19NO4/c1-7(12)13-9-6-8(4-5-11)14-10(2,3)15-9/h8-9H,4-6,11H2,1-3H3/t8-,9+/m1/s1. The maximum Gasteiger partial charge on any atom is 0.304 e. The van der Waals surface area contributed by atoms with Crippen molar-refractivity contribution in [2.45, 2.75) is 51.8 Å². The molecule has 0 radical (unpaired) electrons. The van der Waals surface area contributed by atoms with Crippen LogP contribution in [0.2, 0.25) is 0 Å². The molecule has 0 unspecified atom stereocenters. The summed E-state index contributed by atoms with van der Waals surface area (Å²) in [6.07, 6.45) is 0.746. The van der Waals surface area contributed by atoms with E-state index in [9.17, 15) is 4.79 Å². The molecule has 0 aromatic heterocycles. The summed E-state index contributed by atoms with van der Waals surface area (Å²) in [5, 5.41) is 0. The number of nitrogens with two attached hydrogens (primary N) is 1. The lowest BCUT2D eigenvalue weighted by Gasteiger charge is -2.39. The molecule has 88 valence electrons. The minimum atomic E-state index is -0.724. The highest BCUT2D eigenvalue weighted by molar-refractivity contribution is 5.66. The van der Waals surface area contributed by atoms with Gasteiger partial charge in [-0.3, -0.25) is 4.79 Å². The van der Waals surface area contributed by atoms with Gasteiger partial charge in [0.15, 0.2) is 5.79 Å². The van der Waals surface area contributed by atoms with E-state index in [2.05, 4.69) is 0 Å². The van der Waals surface area contributed by atoms with Gasteiger partial charge in [-0.1, -0.05) is 0 Å². The topological polar surface area (TPSA) is 70.8 Å². The molecule has 0 amide bonds. The molecule has 0 aromatic rings. The van der Waals surface area contributed by atoms with Gasteiger partial charge in [0.25, 0.3) is 0 Å². The van der Waals surface area contributed by atoms with Crippen molar-refractivity contribution in [3.63, 3.8) is 0 Å². The zero-order chi connectivity index (χ0) is 11.5. The molecule has 2 atom stereocenters. The number of hydrogen-bond acceptors (Lipinski definition) is 5. The Bertz CT molecular complexity index is 229. The van der Waals surface area contributed by atoms with E-state index in [4.69, 9.17) is 19.9 Å². The number of esters is 1. The fourth-order valence-electron chi connectivity index (χ4n) is 1.68. The van der Waals surface area contributed by atoms with E-state index >= 15 is 0 Å². The first-order valence-corrected chi connectivity index (χ1v) is 5.16. The van der Waals surface area contributed by atoms with E-state index in [0.717, 1.165) is 6.42 Å². The Labute approximate surface area is 89.9 Å². The van der Waals surface area contributed by atoms with Crippen molar-refractivity contribution in [1.82, 2.24) is 0 Å². The first kappa shape index (κ1) is 12.4. The molecule has 1 heterocycles. The highest BCUT2D eigenvalue weighted by Crippen LogP contribution is 2.28. The van der Waals surface area contributed by atoms with Crippen molar-refractivity contribution in [3.8, 4) is 0 Å². The summed E-state index contributed by atoms with van der Waals surface area (Å²) < 4.78 is 16.1. The van der Waals surface area contributed by atoms with Crippen LogP contribution in [0.25, 0.3) is 0 Å². The number of carbonyl (C=O) groups is 1. The third kappa shape index (κ3) is 4.15. The molecular formula is C10H19NO4. The number of rotatable bonds is 3. The molecule has 1 aliphatic rings. The number of hydrogen-bond donors (Lipinski definition) is 1. The summed E-state index contributed by atoms with van der Waals surface area (Å²) >= 11 is 0. The van der Waals surface area contributed by atoms with E-state index in [0.29, 0.717) is 13.0 Å². The fraction of sp³-hybridized carbons (Fsp3) is 0.900.